The van der Waals surface area contributed by atoms with Crippen LogP contribution in [0.2, 0.25) is 0 Å². The van der Waals surface area contributed by atoms with Crippen molar-refractivity contribution < 1.29 is 5.11 Å². The average molecular weight is 334 g/mol. The molecule has 24 heavy (non-hydrogen) atoms. The van der Waals surface area contributed by atoms with E-state index in [-0.39, 0.29) is 12.1 Å². The van der Waals surface area contributed by atoms with Crippen molar-refractivity contribution in [2.24, 2.45) is 5.92 Å². The van der Waals surface area contributed by atoms with Crippen molar-refractivity contribution in [1.29, 1.82) is 0 Å². The summed E-state index contributed by atoms with van der Waals surface area (Å²) in [5.41, 5.74) is 0. The van der Waals surface area contributed by atoms with E-state index in [0.717, 1.165) is 25.9 Å². The van der Waals surface area contributed by atoms with Crippen LogP contribution in [0.15, 0.2) is 0 Å². The number of nitrogens with one attached hydrogen (secondary N) is 3. The highest BCUT2D eigenvalue weighted by Crippen LogP contribution is 2.24. The predicted molar refractivity (Wildman–Crippen MR) is 95.3 cm³/mol. The van der Waals surface area contributed by atoms with Gasteiger partial charge in [0.05, 0.1) is 0 Å². The van der Waals surface area contributed by atoms with Crippen LogP contribution in [0.1, 0.15) is 58.3 Å². The first-order valence-electron chi connectivity index (χ1n) is 9.43. The van der Waals surface area contributed by atoms with Crippen molar-refractivity contribution in [3.05, 3.63) is 0 Å². The van der Waals surface area contributed by atoms with Crippen LogP contribution in [0.5, 0.6) is 6.01 Å². The molecule has 0 bridgehead atoms. The van der Waals surface area contributed by atoms with Crippen LogP contribution in [-0.2, 0) is 0 Å². The second kappa shape index (κ2) is 8.46. The van der Waals surface area contributed by atoms with Crippen molar-refractivity contribution >= 4 is 11.9 Å². The van der Waals surface area contributed by atoms with E-state index < -0.39 is 0 Å². The Morgan fingerprint density at radius 1 is 1.08 bits per heavy atom. The van der Waals surface area contributed by atoms with Gasteiger partial charge in [-0.1, -0.05) is 26.2 Å². The first-order chi connectivity index (χ1) is 11.7. The highest BCUT2D eigenvalue weighted by atomic mass is 16.3. The summed E-state index contributed by atoms with van der Waals surface area (Å²) >= 11 is 0. The number of hydrogen-bond donors (Lipinski definition) is 4. The van der Waals surface area contributed by atoms with Gasteiger partial charge >= 0.3 is 6.01 Å². The lowest BCUT2D eigenvalue weighted by Crippen LogP contribution is -2.40. The molecule has 4 N–H and O–H groups in total. The third kappa shape index (κ3) is 4.69. The molecule has 3 rings (SSSR count). The summed E-state index contributed by atoms with van der Waals surface area (Å²) in [7, 11) is 0. The van der Waals surface area contributed by atoms with E-state index in [0.29, 0.717) is 23.9 Å². The Hall–Kier alpha value is -1.63. The number of anilines is 2. The van der Waals surface area contributed by atoms with Gasteiger partial charge in [-0.05, 0) is 44.6 Å². The molecule has 134 valence electrons. The molecule has 1 saturated carbocycles. The summed E-state index contributed by atoms with van der Waals surface area (Å²) in [6.45, 7) is 4.09. The minimum atomic E-state index is -0.229. The predicted octanol–water partition coefficient (Wildman–Crippen LogP) is 2.51. The minimum absolute atomic E-state index is 0.229. The lowest BCUT2D eigenvalue weighted by atomic mass is 9.89. The van der Waals surface area contributed by atoms with Crippen LogP contribution in [0.4, 0.5) is 11.9 Å². The minimum Gasteiger partial charge on any atom is -0.479 e. The summed E-state index contributed by atoms with van der Waals surface area (Å²) in [6, 6.07) is 0.473. The molecule has 7 nitrogen and oxygen atoms in total. The Balaban J connectivity index is 1.59. The fourth-order valence-electron chi connectivity index (χ4n) is 3.84. The fourth-order valence-corrected chi connectivity index (χ4v) is 3.84. The molecule has 2 aliphatic rings. The van der Waals surface area contributed by atoms with Crippen molar-refractivity contribution in [3.8, 4) is 6.01 Å². The molecule has 1 aliphatic heterocycles. The van der Waals surface area contributed by atoms with Crippen molar-refractivity contribution in [2.45, 2.75) is 70.4 Å². The number of hydrogen-bond acceptors (Lipinski definition) is 7. The molecule has 2 fully saturated rings. The van der Waals surface area contributed by atoms with E-state index >= 15 is 0 Å². The van der Waals surface area contributed by atoms with Crippen LogP contribution in [0.3, 0.4) is 0 Å². The van der Waals surface area contributed by atoms with Crippen LogP contribution >= 0.6 is 0 Å². The van der Waals surface area contributed by atoms with Gasteiger partial charge in [-0.15, -0.1) is 0 Å². The molecule has 2 atom stereocenters. The number of aromatic nitrogens is 3. The van der Waals surface area contributed by atoms with Crippen LogP contribution in [-0.4, -0.2) is 45.2 Å². The Labute approximate surface area is 144 Å². The SMILES string of the molecule is CCC(Nc1nc(O)nc(NCC2CCCCC2)n1)C1CCCN1. The zero-order valence-electron chi connectivity index (χ0n) is 14.6. The number of rotatable bonds is 7. The van der Waals surface area contributed by atoms with E-state index in [1.165, 1.54) is 38.5 Å². The Morgan fingerprint density at radius 2 is 1.88 bits per heavy atom. The van der Waals surface area contributed by atoms with Gasteiger partial charge in [0, 0.05) is 18.6 Å². The maximum absolute atomic E-state index is 9.82. The molecule has 2 heterocycles. The lowest BCUT2D eigenvalue weighted by molar-refractivity contribution is 0.372. The summed E-state index contributed by atoms with van der Waals surface area (Å²) < 4.78 is 0. The van der Waals surface area contributed by atoms with Gasteiger partial charge in [-0.2, -0.15) is 15.0 Å². The lowest BCUT2D eigenvalue weighted by Gasteiger charge is -2.24. The van der Waals surface area contributed by atoms with Crippen LogP contribution < -0.4 is 16.0 Å². The molecule has 1 aromatic heterocycles. The molecule has 0 amide bonds. The smallest absolute Gasteiger partial charge is 0.320 e. The van der Waals surface area contributed by atoms with Crippen molar-refractivity contribution in [1.82, 2.24) is 20.3 Å². The monoisotopic (exact) mass is 334 g/mol. The standard InChI is InChI=1S/C17H30N6O/c1-2-13(14-9-6-10-18-14)20-16-21-15(22-17(24)23-16)19-11-12-7-4-3-5-8-12/h12-14,18H,2-11H2,1H3,(H3,19,20,21,22,23,24). The maximum atomic E-state index is 9.82. The summed E-state index contributed by atoms with van der Waals surface area (Å²) in [6.07, 6.45) is 9.86. The molecule has 1 aliphatic carbocycles. The van der Waals surface area contributed by atoms with Gasteiger partial charge in [0.1, 0.15) is 0 Å². The molecule has 1 aromatic rings. The molecule has 7 heteroatoms. The molecule has 2 unspecified atom stereocenters. The van der Waals surface area contributed by atoms with Gasteiger partial charge in [-0.25, -0.2) is 0 Å². The molecule has 0 aromatic carbocycles. The molecular formula is C17H30N6O. The Morgan fingerprint density at radius 3 is 2.58 bits per heavy atom. The second-order valence-corrected chi connectivity index (χ2v) is 7.03. The second-order valence-electron chi connectivity index (χ2n) is 7.03. The van der Waals surface area contributed by atoms with Crippen LogP contribution in [0.25, 0.3) is 0 Å². The first-order valence-corrected chi connectivity index (χ1v) is 9.43. The van der Waals surface area contributed by atoms with Gasteiger partial charge in [0.15, 0.2) is 0 Å². The first kappa shape index (κ1) is 17.2. The number of nitrogens with zero attached hydrogens (tertiary/aromatic N) is 3. The summed E-state index contributed by atoms with van der Waals surface area (Å²) in [4.78, 5) is 12.5. The quantitative estimate of drug-likeness (QED) is 0.608. The van der Waals surface area contributed by atoms with E-state index in [9.17, 15) is 5.11 Å². The number of aromatic hydroxyl groups is 1. The van der Waals surface area contributed by atoms with Gasteiger partial charge < -0.3 is 21.1 Å². The van der Waals surface area contributed by atoms with Gasteiger partial charge in [0.25, 0.3) is 0 Å². The molecular weight excluding hydrogens is 304 g/mol. The van der Waals surface area contributed by atoms with Gasteiger partial charge in [0.2, 0.25) is 11.9 Å². The molecule has 1 saturated heterocycles. The molecule has 0 radical (unpaired) electrons. The van der Waals surface area contributed by atoms with Crippen molar-refractivity contribution in [3.63, 3.8) is 0 Å². The molecule has 0 spiro atoms. The highest BCUT2D eigenvalue weighted by Gasteiger charge is 2.24. The van der Waals surface area contributed by atoms with E-state index in [2.05, 4.69) is 37.8 Å². The third-order valence-electron chi connectivity index (χ3n) is 5.24. The average Bonchev–Trinajstić information content (AvgIpc) is 3.13. The van der Waals surface area contributed by atoms with Gasteiger partial charge in [-0.3, -0.25) is 0 Å². The largest absolute Gasteiger partial charge is 0.479 e. The summed E-state index contributed by atoms with van der Waals surface area (Å²) in [5, 5.41) is 20.0. The fraction of sp³-hybridized carbons (Fsp3) is 0.824. The maximum Gasteiger partial charge on any atom is 0.320 e. The van der Waals surface area contributed by atoms with Crippen molar-refractivity contribution in [2.75, 3.05) is 23.7 Å². The summed E-state index contributed by atoms with van der Waals surface area (Å²) in [5.74, 6) is 1.60. The topological polar surface area (TPSA) is 95.0 Å². The van der Waals surface area contributed by atoms with E-state index in [4.69, 9.17) is 0 Å². The Kier molecular flexibility index (Phi) is 6.07. The third-order valence-corrected chi connectivity index (χ3v) is 5.24. The zero-order chi connectivity index (χ0) is 16.8. The van der Waals surface area contributed by atoms with E-state index in [1.807, 2.05) is 0 Å². The Bertz CT molecular complexity index is 514. The van der Waals surface area contributed by atoms with Crippen LogP contribution in [0, 0.1) is 5.92 Å². The zero-order valence-corrected chi connectivity index (χ0v) is 14.6. The highest BCUT2D eigenvalue weighted by molar-refractivity contribution is 5.36. The normalized spacial score (nSPS) is 23.1. The van der Waals surface area contributed by atoms with E-state index in [1.54, 1.807) is 0 Å².